The fraction of sp³-hybridized carbons (Fsp3) is 0.650. The molecule has 1 atom stereocenters. The van der Waals surface area contributed by atoms with Gasteiger partial charge in [-0.15, -0.1) is 0 Å². The van der Waals surface area contributed by atoms with Crippen LogP contribution >= 0.6 is 0 Å². The second-order valence-electron chi connectivity index (χ2n) is 6.77. The molecule has 1 unspecified atom stereocenters. The maximum absolute atomic E-state index is 5.74. The van der Waals surface area contributed by atoms with Crippen LogP contribution < -0.4 is 0 Å². The van der Waals surface area contributed by atoms with Crippen molar-refractivity contribution in [3.05, 3.63) is 35.4 Å². The van der Waals surface area contributed by atoms with E-state index in [4.69, 9.17) is 4.74 Å². The Morgan fingerprint density at radius 3 is 2.36 bits per heavy atom. The highest BCUT2D eigenvalue weighted by Gasteiger charge is 2.22. The Morgan fingerprint density at radius 1 is 1.05 bits per heavy atom. The van der Waals surface area contributed by atoms with Crippen molar-refractivity contribution in [2.24, 2.45) is 10.9 Å². The largest absolute Gasteiger partial charge is 0.475 e. The van der Waals surface area contributed by atoms with Gasteiger partial charge in [0.2, 0.25) is 5.90 Å². The minimum Gasteiger partial charge on any atom is -0.475 e. The molecule has 0 fully saturated rings. The molecule has 1 aromatic rings. The van der Waals surface area contributed by atoms with Gasteiger partial charge >= 0.3 is 0 Å². The summed E-state index contributed by atoms with van der Waals surface area (Å²) in [6.07, 6.45) is 9.33. The Morgan fingerprint density at radius 2 is 1.73 bits per heavy atom. The third-order valence-corrected chi connectivity index (χ3v) is 4.46. The lowest BCUT2D eigenvalue weighted by atomic mass is 10.0. The van der Waals surface area contributed by atoms with Crippen molar-refractivity contribution >= 4 is 5.90 Å². The zero-order valence-electron chi connectivity index (χ0n) is 14.5. The summed E-state index contributed by atoms with van der Waals surface area (Å²) in [6.45, 7) is 7.39. The summed E-state index contributed by atoms with van der Waals surface area (Å²) < 4.78 is 5.74. The van der Waals surface area contributed by atoms with E-state index in [0.717, 1.165) is 18.1 Å². The fourth-order valence-corrected chi connectivity index (χ4v) is 2.81. The van der Waals surface area contributed by atoms with E-state index in [9.17, 15) is 0 Å². The Bertz CT molecular complexity index is 461. The van der Waals surface area contributed by atoms with E-state index >= 15 is 0 Å². The standard InChI is InChI=1S/C20H31NO/c1-4-5-6-7-8-9-10-17-11-13-18(14-12-17)20-21-19(15-22-20)16(2)3/h11-14,16,19H,4-10,15H2,1-3H3. The lowest BCUT2D eigenvalue weighted by Crippen LogP contribution is -2.13. The quantitative estimate of drug-likeness (QED) is 0.560. The van der Waals surface area contributed by atoms with Crippen LogP contribution in [0.1, 0.15) is 70.4 Å². The number of aryl methyl sites for hydroxylation is 1. The molecule has 1 heterocycles. The van der Waals surface area contributed by atoms with E-state index < -0.39 is 0 Å². The average Bonchev–Trinajstić information content (AvgIpc) is 3.01. The SMILES string of the molecule is CCCCCCCCc1ccc(C2=NC(C(C)C)CO2)cc1. The average molecular weight is 301 g/mol. The van der Waals surface area contributed by atoms with E-state index in [1.165, 1.54) is 50.5 Å². The minimum absolute atomic E-state index is 0.317. The number of aliphatic imine (C=N–C) groups is 1. The molecule has 1 aliphatic heterocycles. The number of rotatable bonds is 9. The van der Waals surface area contributed by atoms with Gasteiger partial charge in [0.05, 0.1) is 6.04 Å². The predicted molar refractivity (Wildman–Crippen MR) is 94.6 cm³/mol. The highest BCUT2D eigenvalue weighted by molar-refractivity contribution is 5.95. The third kappa shape index (κ3) is 5.15. The van der Waals surface area contributed by atoms with Gasteiger partial charge in [-0.1, -0.05) is 65.0 Å². The van der Waals surface area contributed by atoms with E-state index in [-0.39, 0.29) is 0 Å². The topological polar surface area (TPSA) is 21.6 Å². The van der Waals surface area contributed by atoms with Crippen molar-refractivity contribution in [3.8, 4) is 0 Å². The molecule has 0 radical (unpaired) electrons. The number of unbranched alkanes of at least 4 members (excludes halogenated alkanes) is 5. The molecule has 1 aliphatic rings. The van der Waals surface area contributed by atoms with Crippen molar-refractivity contribution in [3.63, 3.8) is 0 Å². The molecular formula is C20H31NO. The Balaban J connectivity index is 1.77. The van der Waals surface area contributed by atoms with E-state index in [0.29, 0.717) is 12.0 Å². The summed E-state index contributed by atoms with van der Waals surface area (Å²) in [6, 6.07) is 9.10. The first-order chi connectivity index (χ1) is 10.7. The molecule has 0 amide bonds. The highest BCUT2D eigenvalue weighted by atomic mass is 16.5. The van der Waals surface area contributed by atoms with Gasteiger partial charge in [0.15, 0.2) is 0 Å². The number of hydrogen-bond donors (Lipinski definition) is 0. The summed E-state index contributed by atoms with van der Waals surface area (Å²) in [5, 5.41) is 0. The van der Waals surface area contributed by atoms with Crippen molar-refractivity contribution < 1.29 is 4.74 Å². The predicted octanol–water partition coefficient (Wildman–Crippen LogP) is 5.39. The molecule has 0 spiro atoms. The number of nitrogens with zero attached hydrogens (tertiary/aromatic N) is 1. The molecule has 0 saturated heterocycles. The van der Waals surface area contributed by atoms with Crippen LogP contribution in [0.5, 0.6) is 0 Å². The lowest BCUT2D eigenvalue weighted by Gasteiger charge is -2.06. The molecule has 2 heteroatoms. The van der Waals surface area contributed by atoms with Crippen LogP contribution in [0.2, 0.25) is 0 Å². The summed E-state index contributed by atoms with van der Waals surface area (Å²) in [7, 11) is 0. The number of ether oxygens (including phenoxy) is 1. The molecule has 0 saturated carbocycles. The lowest BCUT2D eigenvalue weighted by molar-refractivity contribution is 0.292. The van der Waals surface area contributed by atoms with Gasteiger partial charge < -0.3 is 4.74 Å². The van der Waals surface area contributed by atoms with Crippen LogP contribution in [-0.2, 0) is 11.2 Å². The monoisotopic (exact) mass is 301 g/mol. The van der Waals surface area contributed by atoms with Crippen LogP contribution in [0.3, 0.4) is 0 Å². The van der Waals surface area contributed by atoms with Crippen LogP contribution in [-0.4, -0.2) is 18.5 Å². The summed E-state index contributed by atoms with van der Waals surface area (Å²) in [4.78, 5) is 4.69. The molecule has 1 aromatic carbocycles. The van der Waals surface area contributed by atoms with Gasteiger partial charge in [0.1, 0.15) is 6.61 Å². The third-order valence-electron chi connectivity index (χ3n) is 4.46. The summed E-state index contributed by atoms with van der Waals surface area (Å²) >= 11 is 0. The Hall–Kier alpha value is -1.31. The maximum Gasteiger partial charge on any atom is 0.216 e. The van der Waals surface area contributed by atoms with Crippen molar-refractivity contribution in [1.29, 1.82) is 0 Å². The first-order valence-electron chi connectivity index (χ1n) is 9.00. The van der Waals surface area contributed by atoms with Crippen molar-refractivity contribution in [2.75, 3.05) is 6.61 Å². The van der Waals surface area contributed by atoms with E-state index in [1.807, 2.05) is 0 Å². The smallest absolute Gasteiger partial charge is 0.216 e. The molecule has 0 aromatic heterocycles. The first kappa shape index (κ1) is 17.1. The molecule has 0 bridgehead atoms. The van der Waals surface area contributed by atoms with Gasteiger partial charge in [0.25, 0.3) is 0 Å². The first-order valence-corrected chi connectivity index (χ1v) is 9.00. The van der Waals surface area contributed by atoms with Crippen molar-refractivity contribution in [1.82, 2.24) is 0 Å². The maximum atomic E-state index is 5.74. The van der Waals surface area contributed by atoms with Crippen LogP contribution in [0.25, 0.3) is 0 Å². The van der Waals surface area contributed by atoms with Crippen LogP contribution in [0.4, 0.5) is 0 Å². The second kappa shape index (κ2) is 8.97. The molecule has 0 aliphatic carbocycles. The molecule has 22 heavy (non-hydrogen) atoms. The number of benzene rings is 1. The second-order valence-corrected chi connectivity index (χ2v) is 6.77. The van der Waals surface area contributed by atoms with Crippen LogP contribution in [0.15, 0.2) is 29.3 Å². The van der Waals surface area contributed by atoms with Crippen molar-refractivity contribution in [2.45, 2.75) is 71.8 Å². The highest BCUT2D eigenvalue weighted by Crippen LogP contribution is 2.18. The summed E-state index contributed by atoms with van der Waals surface area (Å²) in [5.74, 6) is 1.37. The Kier molecular flexibility index (Phi) is 6.95. The van der Waals surface area contributed by atoms with Gasteiger partial charge in [-0.2, -0.15) is 0 Å². The molecule has 2 rings (SSSR count). The fourth-order valence-electron chi connectivity index (χ4n) is 2.81. The van der Waals surface area contributed by atoms with Gasteiger partial charge in [-0.25, -0.2) is 4.99 Å². The van der Waals surface area contributed by atoms with E-state index in [1.54, 1.807) is 0 Å². The van der Waals surface area contributed by atoms with Gasteiger partial charge in [-0.3, -0.25) is 0 Å². The molecule has 122 valence electrons. The Labute approximate surface area is 136 Å². The van der Waals surface area contributed by atoms with E-state index in [2.05, 4.69) is 50.0 Å². The molecular weight excluding hydrogens is 270 g/mol. The normalized spacial score (nSPS) is 17.6. The van der Waals surface area contributed by atoms with Gasteiger partial charge in [0, 0.05) is 5.56 Å². The molecule has 2 nitrogen and oxygen atoms in total. The zero-order chi connectivity index (χ0) is 15.8. The minimum atomic E-state index is 0.317. The number of hydrogen-bond acceptors (Lipinski definition) is 2. The molecule has 0 N–H and O–H groups in total. The summed E-state index contributed by atoms with van der Waals surface area (Å²) in [5.41, 5.74) is 2.55. The van der Waals surface area contributed by atoms with Crippen LogP contribution in [0, 0.1) is 5.92 Å². The zero-order valence-corrected chi connectivity index (χ0v) is 14.5. The van der Waals surface area contributed by atoms with Gasteiger partial charge in [-0.05, 0) is 36.5 Å².